The van der Waals surface area contributed by atoms with Gasteiger partial charge in [-0.1, -0.05) is 51.8 Å². The fourth-order valence-corrected chi connectivity index (χ4v) is 2.90. The number of halogens is 1. The Morgan fingerprint density at radius 1 is 1.17 bits per heavy atom. The van der Waals surface area contributed by atoms with Gasteiger partial charge in [-0.3, -0.25) is 4.79 Å². The summed E-state index contributed by atoms with van der Waals surface area (Å²) in [6.07, 6.45) is 0. The third kappa shape index (κ3) is 5.98. The molecule has 0 radical (unpaired) electrons. The number of nitrogens with one attached hydrogen (secondary N) is 2. The van der Waals surface area contributed by atoms with Crippen LogP contribution < -0.4 is 15.4 Å². The molecule has 2 N–H and O–H groups in total. The lowest BCUT2D eigenvalue weighted by atomic mass is 10.1. The van der Waals surface area contributed by atoms with E-state index < -0.39 is 0 Å². The zero-order valence-corrected chi connectivity index (χ0v) is 15.6. The standard InChI is InChI=1S/C19H23BrN2O2/c1-14-7-9-16(10-8-14)24-12-11-21-13-19(23)22-15(2)17-5-3-4-6-18(17)20/h3-10,15,21H,11-13H2,1-2H3,(H,22,23)/t15-/m1/s1. The van der Waals surface area contributed by atoms with E-state index in [1.807, 2.05) is 62.4 Å². The molecule has 2 aromatic rings. The van der Waals surface area contributed by atoms with Gasteiger partial charge in [0.25, 0.3) is 0 Å². The lowest BCUT2D eigenvalue weighted by molar-refractivity contribution is -0.120. The highest BCUT2D eigenvalue weighted by Gasteiger charge is 2.11. The summed E-state index contributed by atoms with van der Waals surface area (Å²) in [7, 11) is 0. The van der Waals surface area contributed by atoms with Crippen molar-refractivity contribution in [1.82, 2.24) is 10.6 Å². The van der Waals surface area contributed by atoms with Crippen molar-refractivity contribution in [2.24, 2.45) is 0 Å². The molecule has 0 aliphatic rings. The van der Waals surface area contributed by atoms with Gasteiger partial charge in [0.05, 0.1) is 12.6 Å². The number of aryl methyl sites for hydroxylation is 1. The molecule has 0 fully saturated rings. The minimum atomic E-state index is -0.0429. The van der Waals surface area contributed by atoms with Crippen LogP contribution in [-0.2, 0) is 4.79 Å². The highest BCUT2D eigenvalue weighted by atomic mass is 79.9. The number of hydrogen-bond acceptors (Lipinski definition) is 3. The predicted molar refractivity (Wildman–Crippen MR) is 100 cm³/mol. The Balaban J connectivity index is 1.64. The Bertz CT molecular complexity index is 659. The first-order valence-electron chi connectivity index (χ1n) is 8.00. The average molecular weight is 391 g/mol. The first-order valence-corrected chi connectivity index (χ1v) is 8.79. The zero-order chi connectivity index (χ0) is 17.4. The summed E-state index contributed by atoms with van der Waals surface area (Å²) >= 11 is 3.50. The Morgan fingerprint density at radius 2 is 1.88 bits per heavy atom. The number of benzene rings is 2. The molecule has 0 aromatic heterocycles. The lowest BCUT2D eigenvalue weighted by Gasteiger charge is -2.16. The van der Waals surface area contributed by atoms with Crippen LogP contribution in [0.25, 0.3) is 0 Å². The second-order valence-corrected chi connectivity index (χ2v) is 6.50. The molecule has 0 aliphatic carbocycles. The van der Waals surface area contributed by atoms with Crippen molar-refractivity contribution < 1.29 is 9.53 Å². The van der Waals surface area contributed by atoms with Gasteiger partial charge >= 0.3 is 0 Å². The second kappa shape index (κ2) is 9.45. The van der Waals surface area contributed by atoms with Crippen LogP contribution in [0.4, 0.5) is 0 Å². The minimum Gasteiger partial charge on any atom is -0.492 e. The van der Waals surface area contributed by atoms with Crippen molar-refractivity contribution in [3.05, 3.63) is 64.1 Å². The molecule has 5 heteroatoms. The van der Waals surface area contributed by atoms with E-state index in [9.17, 15) is 4.79 Å². The summed E-state index contributed by atoms with van der Waals surface area (Å²) in [6.45, 7) is 5.42. The number of ether oxygens (including phenoxy) is 1. The van der Waals surface area contributed by atoms with Gasteiger partial charge in [0.1, 0.15) is 12.4 Å². The van der Waals surface area contributed by atoms with Gasteiger partial charge in [0.2, 0.25) is 5.91 Å². The van der Waals surface area contributed by atoms with E-state index in [1.54, 1.807) is 0 Å². The SMILES string of the molecule is Cc1ccc(OCCNCC(=O)N[C@H](C)c2ccccc2Br)cc1. The number of amides is 1. The molecule has 24 heavy (non-hydrogen) atoms. The van der Waals surface area contributed by atoms with Crippen LogP contribution in [-0.4, -0.2) is 25.6 Å². The van der Waals surface area contributed by atoms with Crippen molar-refractivity contribution >= 4 is 21.8 Å². The maximum Gasteiger partial charge on any atom is 0.234 e. The van der Waals surface area contributed by atoms with E-state index in [-0.39, 0.29) is 18.5 Å². The lowest BCUT2D eigenvalue weighted by Crippen LogP contribution is -2.36. The summed E-state index contributed by atoms with van der Waals surface area (Å²) in [5, 5.41) is 6.07. The summed E-state index contributed by atoms with van der Waals surface area (Å²) in [5.41, 5.74) is 2.27. The van der Waals surface area contributed by atoms with Crippen molar-refractivity contribution in [2.75, 3.05) is 19.7 Å². The van der Waals surface area contributed by atoms with E-state index in [0.717, 1.165) is 15.8 Å². The van der Waals surface area contributed by atoms with Gasteiger partial charge in [-0.2, -0.15) is 0 Å². The molecular weight excluding hydrogens is 368 g/mol. The Labute approximate surface area is 151 Å². The van der Waals surface area contributed by atoms with E-state index in [0.29, 0.717) is 13.2 Å². The van der Waals surface area contributed by atoms with Crippen LogP contribution in [0, 0.1) is 6.92 Å². The molecule has 128 valence electrons. The van der Waals surface area contributed by atoms with Crippen molar-refractivity contribution in [3.8, 4) is 5.75 Å². The maximum atomic E-state index is 12.0. The molecule has 2 rings (SSSR count). The Hall–Kier alpha value is -1.85. The summed E-state index contributed by atoms with van der Waals surface area (Å²) in [4.78, 5) is 12.0. The van der Waals surface area contributed by atoms with E-state index >= 15 is 0 Å². The normalized spacial score (nSPS) is 11.8. The van der Waals surface area contributed by atoms with Gasteiger partial charge in [-0.25, -0.2) is 0 Å². The number of hydrogen-bond donors (Lipinski definition) is 2. The van der Waals surface area contributed by atoms with Crippen molar-refractivity contribution in [3.63, 3.8) is 0 Å². The third-order valence-electron chi connectivity index (χ3n) is 3.60. The second-order valence-electron chi connectivity index (χ2n) is 5.65. The largest absolute Gasteiger partial charge is 0.492 e. The average Bonchev–Trinajstić information content (AvgIpc) is 2.56. The summed E-state index contributed by atoms with van der Waals surface area (Å²) in [6, 6.07) is 15.8. The minimum absolute atomic E-state index is 0.0337. The molecule has 0 saturated heterocycles. The van der Waals surface area contributed by atoms with Crippen LogP contribution >= 0.6 is 15.9 Å². The zero-order valence-electron chi connectivity index (χ0n) is 14.0. The van der Waals surface area contributed by atoms with Gasteiger partial charge < -0.3 is 15.4 Å². The van der Waals surface area contributed by atoms with Gasteiger partial charge in [0, 0.05) is 11.0 Å². The van der Waals surface area contributed by atoms with E-state index in [4.69, 9.17) is 4.74 Å². The first kappa shape index (κ1) is 18.5. The molecular formula is C19H23BrN2O2. The van der Waals surface area contributed by atoms with Gasteiger partial charge in [-0.15, -0.1) is 0 Å². The highest BCUT2D eigenvalue weighted by molar-refractivity contribution is 9.10. The van der Waals surface area contributed by atoms with Crippen LogP contribution in [0.2, 0.25) is 0 Å². The van der Waals surface area contributed by atoms with Crippen LogP contribution in [0.1, 0.15) is 24.1 Å². The van der Waals surface area contributed by atoms with Crippen molar-refractivity contribution in [2.45, 2.75) is 19.9 Å². The Morgan fingerprint density at radius 3 is 2.58 bits per heavy atom. The number of rotatable bonds is 8. The summed E-state index contributed by atoms with van der Waals surface area (Å²) < 4.78 is 6.61. The van der Waals surface area contributed by atoms with E-state index in [1.165, 1.54) is 5.56 Å². The number of carbonyl (C=O) groups is 1. The van der Waals surface area contributed by atoms with Crippen LogP contribution in [0.3, 0.4) is 0 Å². The fourth-order valence-electron chi connectivity index (χ4n) is 2.27. The molecule has 1 amide bonds. The smallest absolute Gasteiger partial charge is 0.234 e. The van der Waals surface area contributed by atoms with Gasteiger partial charge in [-0.05, 0) is 37.6 Å². The summed E-state index contributed by atoms with van der Waals surface area (Å²) in [5.74, 6) is 0.808. The van der Waals surface area contributed by atoms with Crippen LogP contribution in [0.15, 0.2) is 53.0 Å². The first-order chi connectivity index (χ1) is 11.6. The molecule has 1 atom stereocenters. The fraction of sp³-hybridized carbons (Fsp3) is 0.316. The Kier molecular flexibility index (Phi) is 7.28. The molecule has 0 bridgehead atoms. The van der Waals surface area contributed by atoms with Crippen molar-refractivity contribution in [1.29, 1.82) is 0 Å². The molecule has 4 nitrogen and oxygen atoms in total. The van der Waals surface area contributed by atoms with E-state index in [2.05, 4.69) is 26.6 Å². The maximum absolute atomic E-state index is 12.0. The molecule has 2 aromatic carbocycles. The monoisotopic (exact) mass is 390 g/mol. The topological polar surface area (TPSA) is 50.4 Å². The molecule has 0 spiro atoms. The highest BCUT2D eigenvalue weighted by Crippen LogP contribution is 2.22. The van der Waals surface area contributed by atoms with Crippen LogP contribution in [0.5, 0.6) is 5.75 Å². The predicted octanol–water partition coefficient (Wildman–Crippen LogP) is 3.60. The quantitative estimate of drug-likeness (QED) is 0.676. The molecule has 0 unspecified atom stereocenters. The van der Waals surface area contributed by atoms with Gasteiger partial charge in [0.15, 0.2) is 0 Å². The molecule has 0 heterocycles. The number of carbonyl (C=O) groups excluding carboxylic acids is 1. The third-order valence-corrected chi connectivity index (χ3v) is 4.33. The molecule has 0 saturated carbocycles. The molecule has 0 aliphatic heterocycles.